The number of hydrogen-bond acceptors (Lipinski definition) is 3. The quantitative estimate of drug-likeness (QED) is 0.477. The summed E-state index contributed by atoms with van der Waals surface area (Å²) in [7, 11) is 0. The molecule has 4 unspecified atom stereocenters. The Kier molecular flexibility index (Phi) is 7.23. The Bertz CT molecular complexity index is 650. The third-order valence-corrected chi connectivity index (χ3v) is 9.19. The van der Waals surface area contributed by atoms with E-state index in [4.69, 9.17) is 0 Å². The van der Waals surface area contributed by atoms with Crippen molar-refractivity contribution < 1.29 is 9.59 Å². The van der Waals surface area contributed by atoms with Crippen LogP contribution in [0, 0.1) is 58.2 Å². The topological polar surface area (TPSA) is 57.9 Å². The average Bonchev–Trinajstić information content (AvgIpc) is 3.04. The van der Waals surface area contributed by atoms with Crippen molar-refractivity contribution in [1.82, 2.24) is 0 Å². The van der Waals surface area contributed by atoms with Gasteiger partial charge in [0.1, 0.15) is 11.6 Å². The predicted octanol–water partition coefficient (Wildman–Crippen LogP) is 6.36. The highest BCUT2D eigenvalue weighted by Crippen LogP contribution is 2.63. The van der Waals surface area contributed by atoms with Gasteiger partial charge in [0.05, 0.1) is 6.07 Å². The van der Waals surface area contributed by atoms with Gasteiger partial charge in [0.2, 0.25) is 0 Å². The number of nitriles is 1. The van der Waals surface area contributed by atoms with E-state index in [1.165, 1.54) is 12.8 Å². The molecule has 0 spiro atoms. The second-order valence-corrected chi connectivity index (χ2v) is 10.7. The molecule has 8 atom stereocenters. The minimum atomic E-state index is 0.0831. The van der Waals surface area contributed by atoms with Crippen LogP contribution >= 0.6 is 0 Å². The first-order valence-electron chi connectivity index (χ1n) is 12.3. The first kappa shape index (κ1) is 22.5. The van der Waals surface area contributed by atoms with Crippen molar-refractivity contribution in [2.75, 3.05) is 0 Å². The fourth-order valence-electron chi connectivity index (χ4n) is 7.74. The second kappa shape index (κ2) is 9.32. The predicted molar refractivity (Wildman–Crippen MR) is 116 cm³/mol. The molecule has 0 amide bonds. The number of carbonyl (C=O) groups excluding carboxylic acids is 2. The van der Waals surface area contributed by atoms with Gasteiger partial charge in [0.15, 0.2) is 0 Å². The third-order valence-electron chi connectivity index (χ3n) is 9.19. The summed E-state index contributed by atoms with van der Waals surface area (Å²) in [6.07, 6.45) is 10.6. The van der Waals surface area contributed by atoms with E-state index < -0.39 is 0 Å². The van der Waals surface area contributed by atoms with E-state index in [9.17, 15) is 14.9 Å². The number of Topliss-reactive ketones (excluding diaryl/α,β-unsaturated/α-hetero) is 2. The van der Waals surface area contributed by atoms with Crippen LogP contribution in [0.3, 0.4) is 0 Å². The number of unbranched alkanes of at least 4 members (excludes halogenated alkanes) is 1. The molecule has 0 radical (unpaired) electrons. The van der Waals surface area contributed by atoms with Crippen molar-refractivity contribution in [3.8, 4) is 6.07 Å². The van der Waals surface area contributed by atoms with Gasteiger partial charge in [-0.25, -0.2) is 0 Å². The SMILES string of the molecule is CCCCC(=O)C[C@@H]1CC2CC[C@@]3(C)C(CCC3[C@H](C)CC#N)C2C(=O)[C@H]1CC. The summed E-state index contributed by atoms with van der Waals surface area (Å²) in [5.74, 6) is 3.40. The molecular formula is C26H41NO2. The van der Waals surface area contributed by atoms with Gasteiger partial charge >= 0.3 is 0 Å². The normalized spacial score (nSPS) is 40.0. The molecule has 29 heavy (non-hydrogen) atoms. The molecule has 3 aliphatic rings. The Hall–Kier alpha value is -1.17. The molecule has 0 heterocycles. The highest BCUT2D eigenvalue weighted by molar-refractivity contribution is 5.87. The van der Waals surface area contributed by atoms with Crippen molar-refractivity contribution in [2.45, 2.75) is 98.3 Å². The van der Waals surface area contributed by atoms with E-state index in [1.807, 2.05) is 0 Å². The lowest BCUT2D eigenvalue weighted by molar-refractivity contribution is -0.146. The van der Waals surface area contributed by atoms with Gasteiger partial charge in [-0.1, -0.05) is 34.1 Å². The van der Waals surface area contributed by atoms with Crippen LogP contribution in [0.2, 0.25) is 0 Å². The maximum Gasteiger partial charge on any atom is 0.139 e. The summed E-state index contributed by atoms with van der Waals surface area (Å²) >= 11 is 0. The van der Waals surface area contributed by atoms with E-state index in [-0.39, 0.29) is 23.2 Å². The lowest BCUT2D eigenvalue weighted by Gasteiger charge is -2.53. The summed E-state index contributed by atoms with van der Waals surface area (Å²) in [4.78, 5) is 26.2. The highest BCUT2D eigenvalue weighted by atomic mass is 16.1. The standard InChI is InChI=1S/C26H41NO2/c1-5-7-8-20(28)16-19-15-18-11-13-26(4)22(17(3)12-14-27)9-10-23(26)24(18)25(29)21(19)6-2/h17-19,21-24H,5-13,15-16H2,1-4H3/t17-,18?,19+,21+,22?,23?,24?,26-/m1/s1. The summed E-state index contributed by atoms with van der Waals surface area (Å²) in [5, 5.41) is 9.20. The van der Waals surface area contributed by atoms with Crippen molar-refractivity contribution >= 4 is 11.6 Å². The average molecular weight is 400 g/mol. The Morgan fingerprint density at radius 3 is 2.69 bits per heavy atom. The van der Waals surface area contributed by atoms with Gasteiger partial charge in [-0.05, 0) is 80.0 Å². The molecule has 3 nitrogen and oxygen atoms in total. The Morgan fingerprint density at radius 1 is 1.28 bits per heavy atom. The Labute approximate surface area is 178 Å². The molecule has 0 aliphatic heterocycles. The molecule has 0 aromatic rings. The van der Waals surface area contributed by atoms with Crippen molar-refractivity contribution in [2.24, 2.45) is 46.8 Å². The van der Waals surface area contributed by atoms with Crippen LogP contribution < -0.4 is 0 Å². The molecule has 3 rings (SSSR count). The summed E-state index contributed by atoms with van der Waals surface area (Å²) in [6, 6.07) is 2.38. The van der Waals surface area contributed by atoms with Gasteiger partial charge in [0, 0.05) is 31.1 Å². The van der Waals surface area contributed by atoms with Gasteiger partial charge in [-0.3, -0.25) is 9.59 Å². The van der Waals surface area contributed by atoms with Gasteiger partial charge in [0.25, 0.3) is 0 Å². The number of ketones is 2. The van der Waals surface area contributed by atoms with E-state index in [2.05, 4.69) is 33.8 Å². The van der Waals surface area contributed by atoms with E-state index in [1.54, 1.807) is 0 Å². The Balaban J connectivity index is 1.76. The number of nitrogens with zero attached hydrogens (tertiary/aromatic N) is 1. The Morgan fingerprint density at radius 2 is 2.03 bits per heavy atom. The summed E-state index contributed by atoms with van der Waals surface area (Å²) in [6.45, 7) is 8.93. The van der Waals surface area contributed by atoms with Crippen molar-refractivity contribution in [3.05, 3.63) is 0 Å². The fourth-order valence-corrected chi connectivity index (χ4v) is 7.74. The molecule has 0 aromatic carbocycles. The molecular weight excluding hydrogens is 358 g/mol. The van der Waals surface area contributed by atoms with Crippen LogP contribution in [0.4, 0.5) is 0 Å². The molecule has 3 saturated carbocycles. The second-order valence-electron chi connectivity index (χ2n) is 10.7. The molecule has 3 aliphatic carbocycles. The van der Waals surface area contributed by atoms with Crippen LogP contribution in [0.25, 0.3) is 0 Å². The highest BCUT2D eigenvalue weighted by Gasteiger charge is 2.59. The van der Waals surface area contributed by atoms with E-state index >= 15 is 0 Å². The fraction of sp³-hybridized carbons (Fsp3) is 0.885. The minimum absolute atomic E-state index is 0.0831. The van der Waals surface area contributed by atoms with Crippen LogP contribution in [-0.4, -0.2) is 11.6 Å². The zero-order valence-electron chi connectivity index (χ0n) is 19.1. The lowest BCUT2D eigenvalue weighted by atomic mass is 9.50. The van der Waals surface area contributed by atoms with Gasteiger partial charge < -0.3 is 0 Å². The molecule has 3 heteroatoms. The maximum absolute atomic E-state index is 13.7. The zero-order valence-corrected chi connectivity index (χ0v) is 19.1. The molecule has 0 aromatic heterocycles. The number of rotatable bonds is 8. The largest absolute Gasteiger partial charge is 0.300 e. The lowest BCUT2D eigenvalue weighted by Crippen LogP contribution is -2.51. The molecule has 0 saturated heterocycles. The van der Waals surface area contributed by atoms with E-state index in [0.29, 0.717) is 54.5 Å². The minimum Gasteiger partial charge on any atom is -0.300 e. The number of fused-ring (bicyclic) bond motifs is 3. The number of carbonyl (C=O) groups is 2. The maximum atomic E-state index is 13.7. The first-order chi connectivity index (χ1) is 13.9. The van der Waals surface area contributed by atoms with Gasteiger partial charge in [-0.2, -0.15) is 5.26 Å². The van der Waals surface area contributed by atoms with Crippen molar-refractivity contribution in [3.63, 3.8) is 0 Å². The summed E-state index contributed by atoms with van der Waals surface area (Å²) < 4.78 is 0. The molecule has 162 valence electrons. The molecule has 0 bridgehead atoms. The van der Waals surface area contributed by atoms with Crippen LogP contribution in [0.15, 0.2) is 0 Å². The smallest absolute Gasteiger partial charge is 0.139 e. The summed E-state index contributed by atoms with van der Waals surface area (Å²) in [5.41, 5.74) is 0.217. The molecule has 3 fully saturated rings. The number of hydrogen-bond donors (Lipinski definition) is 0. The van der Waals surface area contributed by atoms with E-state index in [0.717, 1.165) is 38.5 Å². The van der Waals surface area contributed by atoms with Crippen LogP contribution in [-0.2, 0) is 9.59 Å². The third kappa shape index (κ3) is 4.19. The van der Waals surface area contributed by atoms with Crippen LogP contribution in [0.5, 0.6) is 0 Å². The first-order valence-corrected chi connectivity index (χ1v) is 12.3. The van der Waals surface area contributed by atoms with Crippen LogP contribution in [0.1, 0.15) is 98.3 Å². The monoisotopic (exact) mass is 399 g/mol. The van der Waals surface area contributed by atoms with Gasteiger partial charge in [-0.15, -0.1) is 0 Å². The molecule has 0 N–H and O–H groups in total. The van der Waals surface area contributed by atoms with Crippen molar-refractivity contribution in [1.29, 1.82) is 5.26 Å². The zero-order chi connectivity index (χ0) is 21.2.